The zero-order valence-electron chi connectivity index (χ0n) is 36.5. The van der Waals surface area contributed by atoms with Crippen LogP contribution < -0.4 is 9.47 Å². The molecule has 0 bridgehead atoms. The highest BCUT2D eigenvalue weighted by atomic mass is 16.5. The summed E-state index contributed by atoms with van der Waals surface area (Å²) in [6.45, 7) is 13.4. The first-order valence-electron chi connectivity index (χ1n) is 22.1. The molecule has 2 fully saturated rings. The number of methoxy groups -OCH3 is 2. The van der Waals surface area contributed by atoms with Gasteiger partial charge in [0.2, 0.25) is 0 Å². The fourth-order valence-corrected chi connectivity index (χ4v) is 10.5. The predicted molar refractivity (Wildman–Crippen MR) is 244 cm³/mol. The number of benzene rings is 6. The summed E-state index contributed by atoms with van der Waals surface area (Å²) < 4.78 is 25.6. The van der Waals surface area contributed by atoms with E-state index in [-0.39, 0.29) is 36.0 Å². The van der Waals surface area contributed by atoms with E-state index in [0.29, 0.717) is 57.4 Å². The maximum atomic E-state index is 14.9. The zero-order valence-corrected chi connectivity index (χ0v) is 36.5. The van der Waals surface area contributed by atoms with Crippen LogP contribution in [0.25, 0.3) is 54.6 Å². The number of ether oxygens (including phenoxy) is 4. The molecule has 6 nitrogen and oxygen atoms in total. The van der Waals surface area contributed by atoms with E-state index in [1.165, 1.54) is 0 Å². The highest BCUT2D eigenvalue weighted by Crippen LogP contribution is 2.49. The largest absolute Gasteiger partial charge is 0.496 e. The summed E-state index contributed by atoms with van der Waals surface area (Å²) in [5.41, 5.74) is 3.93. The van der Waals surface area contributed by atoms with Gasteiger partial charge in [-0.1, -0.05) is 127 Å². The quantitative estimate of drug-likeness (QED) is 0.128. The molecule has 0 unspecified atom stereocenters. The van der Waals surface area contributed by atoms with E-state index in [1.54, 1.807) is 14.2 Å². The van der Waals surface area contributed by atoms with Crippen LogP contribution in [0.15, 0.2) is 97.1 Å². The van der Waals surface area contributed by atoms with Crippen LogP contribution in [0.3, 0.4) is 0 Å². The number of rotatable bonds is 10. The van der Waals surface area contributed by atoms with Crippen molar-refractivity contribution in [3.05, 3.63) is 108 Å². The fourth-order valence-electron chi connectivity index (χ4n) is 10.5. The van der Waals surface area contributed by atoms with Crippen LogP contribution >= 0.6 is 0 Å². The monoisotopic (exact) mass is 804 g/mol. The van der Waals surface area contributed by atoms with Gasteiger partial charge in [-0.3, -0.25) is 0 Å². The molecule has 2 saturated carbocycles. The van der Waals surface area contributed by atoms with E-state index in [0.717, 1.165) is 82.0 Å². The molecule has 6 heteroatoms. The molecule has 0 amide bonds. The lowest BCUT2D eigenvalue weighted by atomic mass is 9.75. The third-order valence-electron chi connectivity index (χ3n) is 13.8. The summed E-state index contributed by atoms with van der Waals surface area (Å²) in [7, 11) is 3.34. The maximum Gasteiger partial charge on any atom is 0.339 e. The van der Waals surface area contributed by atoms with E-state index in [1.807, 2.05) is 60.7 Å². The number of esters is 2. The van der Waals surface area contributed by atoms with E-state index >= 15 is 0 Å². The Balaban J connectivity index is 1.42. The van der Waals surface area contributed by atoms with Crippen LogP contribution in [0.4, 0.5) is 0 Å². The second kappa shape index (κ2) is 17.3. The molecular formula is C54H60O6. The number of carbonyl (C=O) groups is 2. The third-order valence-corrected chi connectivity index (χ3v) is 13.8. The summed E-state index contributed by atoms with van der Waals surface area (Å²) in [6, 6.07) is 32.2. The van der Waals surface area contributed by atoms with Crippen LogP contribution in [0.2, 0.25) is 0 Å². The summed E-state index contributed by atoms with van der Waals surface area (Å²) in [5, 5.41) is 5.52. The molecular weight excluding hydrogens is 745 g/mol. The molecule has 2 aliphatic carbocycles. The van der Waals surface area contributed by atoms with Gasteiger partial charge >= 0.3 is 11.9 Å². The van der Waals surface area contributed by atoms with Gasteiger partial charge in [0.1, 0.15) is 23.7 Å². The molecule has 0 heterocycles. The van der Waals surface area contributed by atoms with Crippen LogP contribution in [0, 0.1) is 35.5 Å². The molecule has 6 atom stereocenters. The Labute approximate surface area is 355 Å². The second-order valence-corrected chi connectivity index (χ2v) is 18.3. The Kier molecular flexibility index (Phi) is 11.9. The van der Waals surface area contributed by atoms with Crippen molar-refractivity contribution >= 4 is 44.3 Å². The average molecular weight is 805 g/mol. The summed E-state index contributed by atoms with van der Waals surface area (Å²) in [4.78, 5) is 29.9. The molecule has 6 aromatic rings. The van der Waals surface area contributed by atoms with Crippen LogP contribution in [0.1, 0.15) is 101 Å². The highest BCUT2D eigenvalue weighted by molar-refractivity contribution is 6.21. The Hall–Kier alpha value is -5.36. The fraction of sp³-hybridized carbons (Fsp3) is 0.407. The Morgan fingerprint density at radius 3 is 1.27 bits per heavy atom. The third kappa shape index (κ3) is 7.74. The molecule has 0 radical (unpaired) electrons. The standard InChI is InChI=1S/C54H60O6/c1-31(2)37-21-17-33(5)29-47(37)59-53(55)43-25-23-42-41(49(43)51-39-15-11-9-13-35(39)19-27-45(51)57-7)24-26-44(54(56)60-48-30-34(6)18-22-38(48)32(3)4)50(42)52-40-16-12-10-14-36(40)20-28-46(52)58-8/h9-16,19-20,23-28,31-34,37-38,47-48H,17-18,21-22,29-30H2,1-8H3/t33-,34-,37+,38+,47-,48-/m1/s1. The lowest BCUT2D eigenvalue weighted by Crippen LogP contribution is -2.36. The van der Waals surface area contributed by atoms with Gasteiger partial charge in [0.15, 0.2) is 0 Å². The molecule has 8 rings (SSSR count). The van der Waals surface area contributed by atoms with Crippen molar-refractivity contribution < 1.29 is 28.5 Å². The molecule has 0 aliphatic heterocycles. The minimum atomic E-state index is -0.356. The summed E-state index contributed by atoms with van der Waals surface area (Å²) >= 11 is 0. The molecule has 312 valence electrons. The van der Waals surface area contributed by atoms with Crippen molar-refractivity contribution in [2.45, 2.75) is 92.3 Å². The van der Waals surface area contributed by atoms with Gasteiger partial charge in [-0.25, -0.2) is 9.59 Å². The second-order valence-electron chi connectivity index (χ2n) is 18.3. The predicted octanol–water partition coefficient (Wildman–Crippen LogP) is 13.7. The van der Waals surface area contributed by atoms with E-state index in [2.05, 4.69) is 77.9 Å². The number of hydrogen-bond donors (Lipinski definition) is 0. The van der Waals surface area contributed by atoms with Gasteiger partial charge in [0.05, 0.1) is 25.3 Å². The SMILES string of the molecule is COc1ccc2ccccc2c1-c1c(C(=O)O[C@@H]2C[C@H](C)CC[C@H]2C(C)C)ccc2c(-c3c(OC)ccc4ccccc34)c(C(=O)O[C@@H]3C[C@H](C)CC[C@H]3C(C)C)ccc12. The van der Waals surface area contributed by atoms with Crippen molar-refractivity contribution in [1.82, 2.24) is 0 Å². The first kappa shape index (κ1) is 41.4. The molecule has 2 aliphatic rings. The van der Waals surface area contributed by atoms with Gasteiger partial charge < -0.3 is 18.9 Å². The van der Waals surface area contributed by atoms with Gasteiger partial charge in [-0.15, -0.1) is 0 Å². The topological polar surface area (TPSA) is 71.1 Å². The van der Waals surface area contributed by atoms with Crippen molar-refractivity contribution in [3.63, 3.8) is 0 Å². The normalized spacial score (nSPS) is 22.0. The molecule has 60 heavy (non-hydrogen) atoms. The van der Waals surface area contributed by atoms with Crippen molar-refractivity contribution in [2.75, 3.05) is 14.2 Å². The van der Waals surface area contributed by atoms with Crippen molar-refractivity contribution in [2.24, 2.45) is 35.5 Å². The van der Waals surface area contributed by atoms with Gasteiger partial charge in [-0.05, 0) is 118 Å². The number of carbonyl (C=O) groups excluding carboxylic acids is 2. The molecule has 0 N–H and O–H groups in total. The minimum absolute atomic E-state index is 0.191. The Morgan fingerprint density at radius 2 is 0.883 bits per heavy atom. The number of fused-ring (bicyclic) bond motifs is 3. The molecule has 0 spiro atoms. The van der Waals surface area contributed by atoms with Crippen molar-refractivity contribution in [3.8, 4) is 33.8 Å². The van der Waals surface area contributed by atoms with E-state index in [4.69, 9.17) is 18.9 Å². The first-order valence-corrected chi connectivity index (χ1v) is 22.1. The lowest BCUT2D eigenvalue weighted by Gasteiger charge is -2.37. The summed E-state index contributed by atoms with van der Waals surface area (Å²) in [5.74, 6) is 2.83. The maximum absolute atomic E-state index is 14.9. The lowest BCUT2D eigenvalue weighted by molar-refractivity contribution is -0.0181. The summed E-state index contributed by atoms with van der Waals surface area (Å²) in [6.07, 6.45) is 5.62. The Morgan fingerprint density at radius 1 is 0.483 bits per heavy atom. The van der Waals surface area contributed by atoms with Crippen LogP contribution in [0.5, 0.6) is 11.5 Å². The zero-order chi connectivity index (χ0) is 42.2. The van der Waals surface area contributed by atoms with Crippen LogP contribution in [-0.2, 0) is 9.47 Å². The first-order chi connectivity index (χ1) is 29.0. The average Bonchev–Trinajstić information content (AvgIpc) is 3.24. The molecule has 0 saturated heterocycles. The van der Waals surface area contributed by atoms with Gasteiger partial charge in [0.25, 0.3) is 0 Å². The van der Waals surface area contributed by atoms with Gasteiger partial charge in [0, 0.05) is 22.3 Å². The Bertz CT molecular complexity index is 2370. The van der Waals surface area contributed by atoms with E-state index in [9.17, 15) is 9.59 Å². The highest BCUT2D eigenvalue weighted by Gasteiger charge is 2.37. The number of hydrogen-bond acceptors (Lipinski definition) is 6. The molecule has 0 aromatic heterocycles. The van der Waals surface area contributed by atoms with Crippen LogP contribution in [-0.4, -0.2) is 38.4 Å². The smallest absolute Gasteiger partial charge is 0.339 e. The minimum Gasteiger partial charge on any atom is -0.496 e. The van der Waals surface area contributed by atoms with E-state index < -0.39 is 0 Å². The molecule has 6 aromatic carbocycles. The van der Waals surface area contributed by atoms with Gasteiger partial charge in [-0.2, -0.15) is 0 Å². The van der Waals surface area contributed by atoms with Crippen molar-refractivity contribution in [1.29, 1.82) is 0 Å².